The SMILES string of the molecule is CCOc1ccc(N2C(=O)C(=O)/C(=C(/O)c3ccccc3OC)C2c2ccc(O)cc2)cc1OCC. The molecule has 1 amide bonds. The molecule has 0 radical (unpaired) electrons. The number of para-hydroxylation sites is 1. The Kier molecular flexibility index (Phi) is 7.15. The second-order valence-corrected chi connectivity index (χ2v) is 7.96. The van der Waals surface area contributed by atoms with Gasteiger partial charge in [0.05, 0.1) is 37.5 Å². The van der Waals surface area contributed by atoms with Gasteiger partial charge in [0.25, 0.3) is 11.7 Å². The van der Waals surface area contributed by atoms with Gasteiger partial charge in [0.1, 0.15) is 17.3 Å². The van der Waals surface area contributed by atoms with E-state index < -0.39 is 17.7 Å². The van der Waals surface area contributed by atoms with Gasteiger partial charge in [-0.15, -0.1) is 0 Å². The van der Waals surface area contributed by atoms with Crippen molar-refractivity contribution < 1.29 is 34.0 Å². The van der Waals surface area contributed by atoms with E-state index in [0.717, 1.165) is 0 Å². The minimum absolute atomic E-state index is 0.0279. The van der Waals surface area contributed by atoms with Gasteiger partial charge in [-0.3, -0.25) is 14.5 Å². The second-order valence-electron chi connectivity index (χ2n) is 7.96. The van der Waals surface area contributed by atoms with Gasteiger partial charge >= 0.3 is 0 Å². The average Bonchev–Trinajstić information content (AvgIpc) is 3.15. The zero-order valence-corrected chi connectivity index (χ0v) is 20.2. The highest BCUT2D eigenvalue weighted by Crippen LogP contribution is 2.45. The van der Waals surface area contributed by atoms with E-state index in [9.17, 15) is 19.8 Å². The number of ether oxygens (including phenoxy) is 3. The molecule has 1 aliphatic heterocycles. The van der Waals surface area contributed by atoms with E-state index in [1.54, 1.807) is 54.6 Å². The first-order valence-electron chi connectivity index (χ1n) is 11.5. The molecule has 1 aliphatic rings. The largest absolute Gasteiger partial charge is 0.508 e. The summed E-state index contributed by atoms with van der Waals surface area (Å²) in [5.41, 5.74) is 1.10. The number of amides is 1. The van der Waals surface area contributed by atoms with Crippen molar-refractivity contribution >= 4 is 23.1 Å². The molecule has 3 aromatic carbocycles. The molecule has 1 heterocycles. The summed E-state index contributed by atoms with van der Waals surface area (Å²) in [6, 6.07) is 16.8. The molecule has 3 aromatic rings. The number of Topliss-reactive ketones (excluding diaryl/α,β-unsaturated/α-hetero) is 1. The highest BCUT2D eigenvalue weighted by molar-refractivity contribution is 6.51. The van der Waals surface area contributed by atoms with E-state index in [1.165, 1.54) is 24.1 Å². The molecular formula is C28H27NO7. The average molecular weight is 490 g/mol. The van der Waals surface area contributed by atoms with Gasteiger partial charge < -0.3 is 24.4 Å². The Morgan fingerprint density at radius 3 is 2.22 bits per heavy atom. The monoisotopic (exact) mass is 489 g/mol. The molecule has 1 atom stereocenters. The van der Waals surface area contributed by atoms with Gasteiger partial charge in [0.2, 0.25) is 0 Å². The van der Waals surface area contributed by atoms with E-state index in [1.807, 2.05) is 13.8 Å². The molecule has 0 aliphatic carbocycles. The maximum absolute atomic E-state index is 13.4. The maximum Gasteiger partial charge on any atom is 0.300 e. The molecule has 186 valence electrons. The molecule has 0 bridgehead atoms. The number of phenolic OH excluding ortho intramolecular Hbond substituents is 1. The zero-order chi connectivity index (χ0) is 25.8. The van der Waals surface area contributed by atoms with Gasteiger partial charge in [-0.25, -0.2) is 0 Å². The third kappa shape index (κ3) is 4.45. The van der Waals surface area contributed by atoms with Gasteiger partial charge in [-0.1, -0.05) is 24.3 Å². The number of aliphatic hydroxyl groups excluding tert-OH is 1. The van der Waals surface area contributed by atoms with Crippen molar-refractivity contribution in [1.29, 1.82) is 0 Å². The van der Waals surface area contributed by atoms with Crippen molar-refractivity contribution in [2.75, 3.05) is 25.2 Å². The quantitative estimate of drug-likeness (QED) is 0.265. The van der Waals surface area contributed by atoms with Gasteiger partial charge in [0, 0.05) is 11.8 Å². The number of aromatic hydroxyl groups is 1. The lowest BCUT2D eigenvalue weighted by Crippen LogP contribution is -2.29. The summed E-state index contributed by atoms with van der Waals surface area (Å²) in [4.78, 5) is 28.1. The number of methoxy groups -OCH3 is 1. The zero-order valence-electron chi connectivity index (χ0n) is 20.2. The normalized spacial score (nSPS) is 16.8. The van der Waals surface area contributed by atoms with Crippen LogP contribution in [0, 0.1) is 0 Å². The number of hydrogen-bond donors (Lipinski definition) is 2. The van der Waals surface area contributed by atoms with Crippen LogP contribution < -0.4 is 19.1 Å². The minimum atomic E-state index is -0.970. The van der Waals surface area contributed by atoms with Crippen LogP contribution in [0.4, 0.5) is 5.69 Å². The molecule has 1 saturated heterocycles. The lowest BCUT2D eigenvalue weighted by atomic mass is 9.94. The summed E-state index contributed by atoms with van der Waals surface area (Å²) in [5.74, 6) is -0.699. The number of hydrogen-bond acceptors (Lipinski definition) is 7. The molecule has 0 saturated carbocycles. The molecule has 4 rings (SSSR count). The third-order valence-electron chi connectivity index (χ3n) is 5.82. The molecule has 0 spiro atoms. The Labute approximate surface area is 209 Å². The van der Waals surface area contributed by atoms with Crippen LogP contribution >= 0.6 is 0 Å². The second kappa shape index (κ2) is 10.4. The van der Waals surface area contributed by atoms with Crippen molar-refractivity contribution in [3.8, 4) is 23.0 Å². The Bertz CT molecular complexity index is 1310. The van der Waals surface area contributed by atoms with Crippen LogP contribution in [0.1, 0.15) is 31.0 Å². The third-order valence-corrected chi connectivity index (χ3v) is 5.82. The Morgan fingerprint density at radius 2 is 1.56 bits per heavy atom. The molecule has 1 fully saturated rings. The Hall–Kier alpha value is -4.46. The lowest BCUT2D eigenvalue weighted by molar-refractivity contribution is -0.132. The van der Waals surface area contributed by atoms with Crippen molar-refractivity contribution in [3.63, 3.8) is 0 Å². The number of anilines is 1. The molecule has 8 nitrogen and oxygen atoms in total. The number of nitrogens with zero attached hydrogens (tertiary/aromatic N) is 1. The molecular weight excluding hydrogens is 462 g/mol. The fourth-order valence-corrected chi connectivity index (χ4v) is 4.25. The summed E-state index contributed by atoms with van der Waals surface area (Å²) in [5, 5.41) is 21.2. The topological polar surface area (TPSA) is 106 Å². The molecule has 1 unspecified atom stereocenters. The number of phenols is 1. The standard InChI is InChI=1S/C28H27NO7/c1-4-35-22-15-12-18(16-23(22)36-5-2)29-25(17-10-13-19(30)14-11-17)24(27(32)28(29)33)26(31)20-8-6-7-9-21(20)34-3/h6-16,25,30-31H,4-5H2,1-3H3/b26-24+. The summed E-state index contributed by atoms with van der Waals surface area (Å²) in [7, 11) is 1.46. The van der Waals surface area contributed by atoms with Gasteiger partial charge in [-0.2, -0.15) is 0 Å². The predicted octanol–water partition coefficient (Wildman–Crippen LogP) is 4.82. The number of rotatable bonds is 8. The number of carbonyl (C=O) groups is 2. The van der Waals surface area contributed by atoms with Crippen LogP contribution in [0.25, 0.3) is 5.76 Å². The highest BCUT2D eigenvalue weighted by Gasteiger charge is 2.47. The smallest absolute Gasteiger partial charge is 0.300 e. The van der Waals surface area contributed by atoms with E-state index >= 15 is 0 Å². The van der Waals surface area contributed by atoms with Crippen LogP contribution in [-0.2, 0) is 9.59 Å². The van der Waals surface area contributed by atoms with Gasteiger partial charge in [-0.05, 0) is 55.8 Å². The van der Waals surface area contributed by atoms with Crippen LogP contribution in [0.5, 0.6) is 23.0 Å². The first-order valence-corrected chi connectivity index (χ1v) is 11.5. The van der Waals surface area contributed by atoms with Crippen molar-refractivity contribution in [1.82, 2.24) is 0 Å². The maximum atomic E-state index is 13.4. The van der Waals surface area contributed by atoms with Crippen LogP contribution in [-0.4, -0.2) is 42.2 Å². The summed E-state index contributed by atoms with van der Waals surface area (Å²) >= 11 is 0. The molecule has 2 N–H and O–H groups in total. The summed E-state index contributed by atoms with van der Waals surface area (Å²) in [6.45, 7) is 4.48. The molecule has 0 aromatic heterocycles. The van der Waals surface area contributed by atoms with E-state index in [-0.39, 0.29) is 22.6 Å². The minimum Gasteiger partial charge on any atom is -0.508 e. The van der Waals surface area contributed by atoms with E-state index in [0.29, 0.717) is 41.7 Å². The van der Waals surface area contributed by atoms with E-state index in [4.69, 9.17) is 14.2 Å². The van der Waals surface area contributed by atoms with Crippen molar-refractivity contribution in [3.05, 3.63) is 83.4 Å². The van der Waals surface area contributed by atoms with Crippen LogP contribution in [0.2, 0.25) is 0 Å². The predicted molar refractivity (Wildman–Crippen MR) is 135 cm³/mol. The van der Waals surface area contributed by atoms with Crippen molar-refractivity contribution in [2.24, 2.45) is 0 Å². The van der Waals surface area contributed by atoms with Crippen LogP contribution in [0.3, 0.4) is 0 Å². The first-order chi connectivity index (χ1) is 17.4. The molecule has 8 heteroatoms. The summed E-state index contributed by atoms with van der Waals surface area (Å²) < 4.78 is 16.7. The van der Waals surface area contributed by atoms with E-state index in [2.05, 4.69) is 0 Å². The number of benzene rings is 3. The Morgan fingerprint density at radius 1 is 0.889 bits per heavy atom. The lowest BCUT2D eigenvalue weighted by Gasteiger charge is -2.26. The fourth-order valence-electron chi connectivity index (χ4n) is 4.25. The van der Waals surface area contributed by atoms with Crippen LogP contribution in [0.15, 0.2) is 72.3 Å². The fraction of sp³-hybridized carbons (Fsp3) is 0.214. The van der Waals surface area contributed by atoms with Gasteiger partial charge in [0.15, 0.2) is 11.5 Å². The Balaban J connectivity index is 1.94. The highest BCUT2D eigenvalue weighted by atomic mass is 16.5. The molecule has 36 heavy (non-hydrogen) atoms. The first kappa shape index (κ1) is 24.7. The number of carbonyl (C=O) groups excluding carboxylic acids is 2. The van der Waals surface area contributed by atoms with Crippen molar-refractivity contribution in [2.45, 2.75) is 19.9 Å². The summed E-state index contributed by atoms with van der Waals surface area (Å²) in [6.07, 6.45) is 0. The number of aliphatic hydroxyl groups is 1. The number of ketones is 1.